The van der Waals surface area contributed by atoms with Crippen molar-refractivity contribution in [2.75, 3.05) is 19.8 Å². The minimum absolute atomic E-state index is 0.130. The van der Waals surface area contributed by atoms with Crippen LogP contribution in [0.3, 0.4) is 0 Å². The summed E-state index contributed by atoms with van der Waals surface area (Å²) in [5.41, 5.74) is 0. The van der Waals surface area contributed by atoms with Gasteiger partial charge in [0.05, 0.1) is 13.2 Å². The van der Waals surface area contributed by atoms with E-state index in [0.717, 1.165) is 6.42 Å². The third-order valence-corrected chi connectivity index (χ3v) is 3.76. The predicted octanol–water partition coefficient (Wildman–Crippen LogP) is 6.52. The van der Waals surface area contributed by atoms with Crippen molar-refractivity contribution in [1.29, 1.82) is 0 Å². The molecule has 0 saturated carbocycles. The van der Waals surface area contributed by atoms with Gasteiger partial charge in [-0.15, -0.1) is 13.2 Å². The molecule has 2 rings (SSSR count). The Hall–Kier alpha value is -2.25. The number of ether oxygens (including phenoxy) is 4. The van der Waals surface area contributed by atoms with Crippen molar-refractivity contribution in [1.82, 2.24) is 0 Å². The van der Waals surface area contributed by atoms with Crippen LogP contribution in [0.1, 0.15) is 12.8 Å². The zero-order valence-electron chi connectivity index (χ0n) is 15.3. The number of alkyl halides is 3. The van der Waals surface area contributed by atoms with Gasteiger partial charge in [-0.25, -0.2) is 0 Å². The minimum atomic E-state index is -4.71. The molecule has 0 amide bonds. The fourth-order valence-corrected chi connectivity index (χ4v) is 2.32. The molecule has 4 nitrogen and oxygen atoms in total. The summed E-state index contributed by atoms with van der Waals surface area (Å²) in [5, 5.41) is 0. The van der Waals surface area contributed by atoms with Crippen molar-refractivity contribution < 1.29 is 32.1 Å². The summed E-state index contributed by atoms with van der Waals surface area (Å²) in [7, 11) is 0. The second kappa shape index (κ2) is 11.7. The Kier molecular flexibility index (Phi) is 9.28. The van der Waals surface area contributed by atoms with E-state index in [1.807, 2.05) is 12.1 Å². The first kappa shape index (κ1) is 23.0. The van der Waals surface area contributed by atoms with Crippen LogP contribution in [-0.4, -0.2) is 26.2 Å². The van der Waals surface area contributed by atoms with Gasteiger partial charge in [-0.05, 0) is 55.3 Å². The van der Waals surface area contributed by atoms with Crippen LogP contribution in [-0.2, 0) is 0 Å². The highest BCUT2D eigenvalue weighted by Crippen LogP contribution is 2.27. The summed E-state index contributed by atoms with van der Waals surface area (Å²) in [6, 6.07) is 12.5. The van der Waals surface area contributed by atoms with Crippen molar-refractivity contribution in [3.05, 3.63) is 59.1 Å². The van der Waals surface area contributed by atoms with Crippen molar-refractivity contribution in [2.45, 2.75) is 19.2 Å². The Morgan fingerprint density at radius 1 is 0.793 bits per heavy atom. The number of hydrogen-bond acceptors (Lipinski definition) is 4. The van der Waals surface area contributed by atoms with E-state index in [0.29, 0.717) is 36.9 Å². The lowest BCUT2D eigenvalue weighted by atomic mass is 10.3. The topological polar surface area (TPSA) is 36.9 Å². The van der Waals surface area contributed by atoms with Gasteiger partial charge in [-0.3, -0.25) is 0 Å². The van der Waals surface area contributed by atoms with Crippen LogP contribution in [0, 0.1) is 0 Å². The Morgan fingerprint density at radius 3 is 1.93 bits per heavy atom. The quantitative estimate of drug-likeness (QED) is 0.365. The van der Waals surface area contributed by atoms with Crippen LogP contribution in [0.4, 0.5) is 13.2 Å². The second-order valence-electron chi connectivity index (χ2n) is 5.67. The smallest absolute Gasteiger partial charge is 0.494 e. The van der Waals surface area contributed by atoms with Gasteiger partial charge in [0, 0.05) is 0 Å². The van der Waals surface area contributed by atoms with E-state index >= 15 is 0 Å². The van der Waals surface area contributed by atoms with Gasteiger partial charge in [0.25, 0.3) is 0 Å². The van der Waals surface area contributed by atoms with Crippen LogP contribution in [0.2, 0.25) is 0 Å². The molecular weight excluding hydrogens is 432 g/mol. The number of hydrogen-bond donors (Lipinski definition) is 0. The summed E-state index contributed by atoms with van der Waals surface area (Å²) >= 11 is 11.1. The normalized spacial score (nSPS) is 10.9. The van der Waals surface area contributed by atoms with Gasteiger partial charge in [-0.1, -0.05) is 35.3 Å². The van der Waals surface area contributed by atoms with E-state index in [9.17, 15) is 13.2 Å². The largest absolute Gasteiger partial charge is 0.573 e. The lowest BCUT2D eigenvalue weighted by Gasteiger charge is -2.12. The third kappa shape index (κ3) is 9.67. The standard InChI is InChI=1S/C20H19Cl2F3O4/c21-19(22)11-14-28-18-6-2-1-5-17(18)27-13-4-3-12-26-15-7-9-16(10-8-15)29-20(23,24)25/h1-2,5-11H,3-4,12-14H2. The molecule has 0 radical (unpaired) electrons. The molecule has 0 N–H and O–H groups in total. The van der Waals surface area contributed by atoms with Crippen molar-refractivity contribution in [3.63, 3.8) is 0 Å². The fourth-order valence-electron chi connectivity index (χ4n) is 2.20. The van der Waals surface area contributed by atoms with E-state index in [1.54, 1.807) is 12.1 Å². The molecule has 0 heterocycles. The van der Waals surface area contributed by atoms with Gasteiger partial charge in [0.2, 0.25) is 0 Å². The highest BCUT2D eigenvalue weighted by atomic mass is 35.5. The third-order valence-electron chi connectivity index (χ3n) is 3.45. The zero-order chi connectivity index (χ0) is 21.1. The van der Waals surface area contributed by atoms with E-state index in [4.69, 9.17) is 37.4 Å². The second-order valence-corrected chi connectivity index (χ2v) is 6.68. The zero-order valence-corrected chi connectivity index (χ0v) is 16.8. The first-order chi connectivity index (χ1) is 13.8. The van der Waals surface area contributed by atoms with Gasteiger partial charge < -0.3 is 18.9 Å². The van der Waals surface area contributed by atoms with Gasteiger partial charge in [0.15, 0.2) is 11.5 Å². The molecule has 0 aliphatic heterocycles. The first-order valence-electron chi connectivity index (χ1n) is 8.68. The Bertz CT molecular complexity index is 776. The molecule has 0 aliphatic carbocycles. The number of para-hydroxylation sites is 2. The number of benzene rings is 2. The highest BCUT2D eigenvalue weighted by molar-refractivity contribution is 6.55. The van der Waals surface area contributed by atoms with Crippen molar-refractivity contribution >= 4 is 23.2 Å². The average Bonchev–Trinajstić information content (AvgIpc) is 2.65. The van der Waals surface area contributed by atoms with Crippen LogP contribution in [0.15, 0.2) is 59.1 Å². The molecule has 0 fully saturated rings. The molecule has 0 aromatic heterocycles. The summed E-state index contributed by atoms with van der Waals surface area (Å²) in [4.78, 5) is 0. The minimum Gasteiger partial charge on any atom is -0.494 e. The number of halogens is 5. The van der Waals surface area contributed by atoms with Gasteiger partial charge >= 0.3 is 6.36 Å². The molecule has 0 saturated heterocycles. The van der Waals surface area contributed by atoms with Gasteiger partial charge in [-0.2, -0.15) is 0 Å². The first-order valence-corrected chi connectivity index (χ1v) is 9.43. The van der Waals surface area contributed by atoms with Crippen LogP contribution in [0.25, 0.3) is 0 Å². The lowest BCUT2D eigenvalue weighted by molar-refractivity contribution is -0.274. The average molecular weight is 451 g/mol. The van der Waals surface area contributed by atoms with Crippen LogP contribution in [0.5, 0.6) is 23.0 Å². The van der Waals surface area contributed by atoms with E-state index in [-0.39, 0.29) is 16.8 Å². The summed E-state index contributed by atoms with van der Waals surface area (Å²) < 4.78 is 57.0. The summed E-state index contributed by atoms with van der Waals surface area (Å²) in [5.74, 6) is 1.36. The maximum atomic E-state index is 12.1. The molecule has 2 aromatic rings. The van der Waals surface area contributed by atoms with E-state index < -0.39 is 6.36 Å². The van der Waals surface area contributed by atoms with E-state index in [1.165, 1.54) is 30.3 Å². The molecule has 0 bridgehead atoms. The van der Waals surface area contributed by atoms with Crippen LogP contribution < -0.4 is 18.9 Å². The Balaban J connectivity index is 1.67. The van der Waals surface area contributed by atoms with Gasteiger partial charge in [0.1, 0.15) is 22.6 Å². The maximum Gasteiger partial charge on any atom is 0.573 e. The maximum absolute atomic E-state index is 12.1. The highest BCUT2D eigenvalue weighted by Gasteiger charge is 2.30. The molecule has 0 atom stereocenters. The molecule has 2 aromatic carbocycles. The summed E-state index contributed by atoms with van der Waals surface area (Å²) in [6.45, 7) is 1.08. The number of rotatable bonds is 11. The Labute approximate surface area is 176 Å². The fraction of sp³-hybridized carbons (Fsp3) is 0.300. The SMILES string of the molecule is FC(F)(F)Oc1ccc(OCCCCOc2ccccc2OCC=C(Cl)Cl)cc1. The summed E-state index contributed by atoms with van der Waals surface area (Å²) in [6.07, 6.45) is -1.76. The molecule has 158 valence electrons. The molecule has 0 spiro atoms. The lowest BCUT2D eigenvalue weighted by Crippen LogP contribution is -2.16. The van der Waals surface area contributed by atoms with E-state index in [2.05, 4.69) is 4.74 Å². The molecule has 0 aliphatic rings. The molecular formula is C20H19Cl2F3O4. The Morgan fingerprint density at radius 2 is 1.34 bits per heavy atom. The van der Waals surface area contributed by atoms with Crippen molar-refractivity contribution in [2.24, 2.45) is 0 Å². The molecule has 0 unspecified atom stereocenters. The predicted molar refractivity (Wildman–Crippen MR) is 105 cm³/mol. The molecule has 29 heavy (non-hydrogen) atoms. The monoisotopic (exact) mass is 450 g/mol. The number of unbranched alkanes of at least 4 members (excludes halogenated alkanes) is 1. The van der Waals surface area contributed by atoms with Crippen molar-refractivity contribution in [3.8, 4) is 23.0 Å². The van der Waals surface area contributed by atoms with Crippen LogP contribution >= 0.6 is 23.2 Å². The molecule has 9 heteroatoms.